The summed E-state index contributed by atoms with van der Waals surface area (Å²) in [7, 11) is 5.37. The van der Waals surface area contributed by atoms with Crippen LogP contribution in [0.3, 0.4) is 0 Å². The highest BCUT2D eigenvalue weighted by Crippen LogP contribution is 2.40. The number of hydrogen-bond acceptors (Lipinski definition) is 4. The van der Waals surface area contributed by atoms with Crippen molar-refractivity contribution < 1.29 is 18.3 Å². The molecule has 0 aromatic heterocycles. The number of fused-ring (bicyclic) bond motifs is 1. The fourth-order valence-electron chi connectivity index (χ4n) is 3.86. The van der Waals surface area contributed by atoms with Crippen molar-refractivity contribution in [2.45, 2.75) is 0 Å². The number of nitrogens with zero attached hydrogens (tertiary/aromatic N) is 2. The Morgan fingerprint density at radius 1 is 0.853 bits per heavy atom. The van der Waals surface area contributed by atoms with Gasteiger partial charge in [0.15, 0.2) is 0 Å². The fraction of sp³-hybridized carbons (Fsp3) is 0.115. The number of rotatable bonds is 7. The Kier molecular flexibility index (Phi) is 6.81. The van der Waals surface area contributed by atoms with Gasteiger partial charge in [0.1, 0.15) is 5.75 Å². The molecular weight excluding hydrogens is 450 g/mol. The Balaban J connectivity index is 1.84. The summed E-state index contributed by atoms with van der Waals surface area (Å²) in [4.78, 5) is 14.9. The quantitative estimate of drug-likeness (QED) is 0.348. The third-order valence-electron chi connectivity index (χ3n) is 5.42. The van der Waals surface area contributed by atoms with E-state index < -0.39 is 11.3 Å². The molecule has 0 aliphatic rings. The van der Waals surface area contributed by atoms with Gasteiger partial charge in [-0.1, -0.05) is 42.5 Å². The van der Waals surface area contributed by atoms with E-state index in [1.54, 1.807) is 36.4 Å². The van der Waals surface area contributed by atoms with Gasteiger partial charge in [-0.15, -0.1) is 0 Å². The minimum Gasteiger partial charge on any atom is -0.495 e. The maximum atomic E-state index is 12.9. The van der Waals surface area contributed by atoms with Crippen LogP contribution in [-0.4, -0.2) is 35.9 Å². The van der Waals surface area contributed by atoms with Crippen molar-refractivity contribution in [1.29, 1.82) is 0 Å². The summed E-state index contributed by atoms with van der Waals surface area (Å²) in [6, 6.07) is 25.2. The first-order valence-corrected chi connectivity index (χ1v) is 11.6. The number of nitrogens with one attached hydrogen (secondary N) is 1. The summed E-state index contributed by atoms with van der Waals surface area (Å²) in [5.74, 6) is 0.0195. The number of amides is 1. The molecule has 34 heavy (non-hydrogen) atoms. The van der Waals surface area contributed by atoms with Gasteiger partial charge in [-0.25, -0.2) is 8.51 Å². The van der Waals surface area contributed by atoms with E-state index >= 15 is 0 Å². The zero-order valence-electron chi connectivity index (χ0n) is 19.1. The van der Waals surface area contributed by atoms with Crippen molar-refractivity contribution >= 4 is 50.7 Å². The monoisotopic (exact) mass is 475 g/mol. The highest BCUT2D eigenvalue weighted by molar-refractivity contribution is 7.81. The highest BCUT2D eigenvalue weighted by Gasteiger charge is 2.23. The molecule has 0 aliphatic heterocycles. The Bertz CT molecular complexity index is 1360. The maximum absolute atomic E-state index is 12.9. The van der Waals surface area contributed by atoms with E-state index in [1.165, 1.54) is 11.4 Å². The van der Waals surface area contributed by atoms with Crippen LogP contribution in [0.2, 0.25) is 0 Å². The summed E-state index contributed by atoms with van der Waals surface area (Å²) < 4.78 is 29.8. The number of ether oxygens (including phenoxy) is 1. The Hall–Kier alpha value is -3.88. The first kappa shape index (κ1) is 23.3. The smallest absolute Gasteiger partial charge is 0.266 e. The van der Waals surface area contributed by atoms with Crippen LogP contribution in [0.25, 0.3) is 10.8 Å². The molecule has 4 aromatic carbocycles. The van der Waals surface area contributed by atoms with Gasteiger partial charge in [-0.2, -0.15) is 0 Å². The minimum absolute atomic E-state index is 0.298. The second kappa shape index (κ2) is 9.94. The molecule has 2 N–H and O–H groups in total. The normalized spacial score (nSPS) is 11.6. The number of carbonyl (C=O) groups excluding carboxylic acids is 1. The van der Waals surface area contributed by atoms with Crippen LogP contribution in [0.4, 0.5) is 22.7 Å². The van der Waals surface area contributed by atoms with Gasteiger partial charge < -0.3 is 15.0 Å². The number of carbonyl (C=O) groups is 1. The molecule has 0 heterocycles. The molecule has 7 nitrogen and oxygen atoms in total. The zero-order valence-corrected chi connectivity index (χ0v) is 19.9. The van der Waals surface area contributed by atoms with E-state index in [-0.39, 0.29) is 5.91 Å². The predicted molar refractivity (Wildman–Crippen MR) is 139 cm³/mol. The molecule has 0 bridgehead atoms. The van der Waals surface area contributed by atoms with Gasteiger partial charge in [0, 0.05) is 41.8 Å². The molecule has 174 valence electrons. The fourth-order valence-corrected chi connectivity index (χ4v) is 4.50. The first-order chi connectivity index (χ1) is 16.4. The van der Waals surface area contributed by atoms with E-state index in [2.05, 4.69) is 5.32 Å². The molecule has 1 atom stereocenters. The molecule has 8 heteroatoms. The Morgan fingerprint density at radius 3 is 2.12 bits per heavy atom. The third kappa shape index (κ3) is 4.59. The summed E-state index contributed by atoms with van der Waals surface area (Å²) in [6.07, 6.45) is 0. The standard InChI is InChI=1S/C26H25N3O4S/c1-28(2)22-13-7-12-21-20(22)11-8-14-23(21)29(34(31)32)24-17-18(15-16-25(24)33-3)26(30)27-19-9-5-4-6-10-19/h4-17H,1-3H3,(H,27,30)(H,31,32). The van der Waals surface area contributed by atoms with E-state index in [0.29, 0.717) is 28.4 Å². The summed E-state index contributed by atoms with van der Waals surface area (Å²) in [5.41, 5.74) is 2.76. The SMILES string of the molecule is COc1ccc(C(=O)Nc2ccccc2)cc1N(c1cccc2c(N(C)C)cccc12)S(=O)O. The van der Waals surface area contributed by atoms with Crippen LogP contribution in [-0.2, 0) is 11.3 Å². The van der Waals surface area contributed by atoms with Crippen LogP contribution in [0, 0.1) is 0 Å². The van der Waals surface area contributed by atoms with Crippen molar-refractivity contribution in [2.24, 2.45) is 0 Å². The van der Waals surface area contributed by atoms with Gasteiger partial charge in [-0.3, -0.25) is 9.35 Å². The molecule has 0 fully saturated rings. The van der Waals surface area contributed by atoms with E-state index in [0.717, 1.165) is 16.5 Å². The first-order valence-electron chi connectivity index (χ1n) is 10.6. The highest BCUT2D eigenvalue weighted by atomic mass is 32.2. The summed E-state index contributed by atoms with van der Waals surface area (Å²) in [5, 5.41) is 4.56. The molecular formula is C26H25N3O4S. The zero-order chi connectivity index (χ0) is 24.2. The number of hydrogen-bond donors (Lipinski definition) is 2. The topological polar surface area (TPSA) is 82.1 Å². The lowest BCUT2D eigenvalue weighted by Gasteiger charge is -2.25. The van der Waals surface area contributed by atoms with Crippen molar-refractivity contribution in [3.05, 3.63) is 90.5 Å². The lowest BCUT2D eigenvalue weighted by atomic mass is 10.1. The van der Waals surface area contributed by atoms with Crippen LogP contribution < -0.4 is 19.3 Å². The van der Waals surface area contributed by atoms with E-state index in [9.17, 15) is 13.6 Å². The number of anilines is 4. The van der Waals surface area contributed by atoms with Crippen LogP contribution in [0.5, 0.6) is 5.75 Å². The van der Waals surface area contributed by atoms with Gasteiger partial charge >= 0.3 is 0 Å². The Morgan fingerprint density at radius 2 is 1.50 bits per heavy atom. The number of methoxy groups -OCH3 is 1. The van der Waals surface area contributed by atoms with Crippen molar-refractivity contribution in [1.82, 2.24) is 0 Å². The summed E-state index contributed by atoms with van der Waals surface area (Å²) in [6.45, 7) is 0. The van der Waals surface area contributed by atoms with Gasteiger partial charge in [0.2, 0.25) is 0 Å². The molecule has 0 saturated carbocycles. The largest absolute Gasteiger partial charge is 0.495 e. The third-order valence-corrected chi connectivity index (χ3v) is 6.13. The van der Waals surface area contributed by atoms with Gasteiger partial charge in [0.05, 0.1) is 18.5 Å². The van der Waals surface area contributed by atoms with Crippen LogP contribution in [0.1, 0.15) is 10.4 Å². The van der Waals surface area contributed by atoms with Crippen molar-refractivity contribution in [3.8, 4) is 5.75 Å². The molecule has 0 spiro atoms. The number of para-hydroxylation sites is 1. The molecule has 4 aromatic rings. The molecule has 0 saturated heterocycles. The lowest BCUT2D eigenvalue weighted by molar-refractivity contribution is 0.102. The number of benzene rings is 4. The second-order valence-corrected chi connectivity index (χ2v) is 8.60. The minimum atomic E-state index is -2.44. The van der Waals surface area contributed by atoms with E-state index in [1.807, 2.05) is 67.5 Å². The lowest BCUT2D eigenvalue weighted by Crippen LogP contribution is -2.21. The van der Waals surface area contributed by atoms with Gasteiger partial charge in [-0.05, 0) is 42.5 Å². The molecule has 0 aliphatic carbocycles. The van der Waals surface area contributed by atoms with Gasteiger partial charge in [0.25, 0.3) is 17.2 Å². The Labute approximate surface area is 201 Å². The molecule has 0 radical (unpaired) electrons. The van der Waals surface area contributed by atoms with Crippen molar-refractivity contribution in [2.75, 3.05) is 35.7 Å². The van der Waals surface area contributed by atoms with Crippen molar-refractivity contribution in [3.63, 3.8) is 0 Å². The van der Waals surface area contributed by atoms with Crippen LogP contribution >= 0.6 is 0 Å². The molecule has 1 amide bonds. The molecule has 1 unspecified atom stereocenters. The van der Waals surface area contributed by atoms with E-state index in [4.69, 9.17) is 4.74 Å². The average Bonchev–Trinajstić information content (AvgIpc) is 2.84. The summed E-state index contributed by atoms with van der Waals surface area (Å²) >= 11 is -2.44. The predicted octanol–water partition coefficient (Wildman–Crippen LogP) is 5.44. The average molecular weight is 476 g/mol. The molecule has 4 rings (SSSR count). The van der Waals surface area contributed by atoms with Crippen LogP contribution in [0.15, 0.2) is 84.9 Å². The second-order valence-electron chi connectivity index (χ2n) is 7.78. The maximum Gasteiger partial charge on any atom is 0.266 e.